The molecule has 0 aromatic carbocycles. The predicted octanol–water partition coefficient (Wildman–Crippen LogP) is 2.31. The Hall–Kier alpha value is -1.21. The van der Waals surface area contributed by atoms with Crippen molar-refractivity contribution in [1.29, 1.82) is 0 Å². The monoisotopic (exact) mass is 268 g/mol. The highest BCUT2D eigenvalue weighted by Crippen LogP contribution is 2.13. The molecule has 0 spiro atoms. The smallest absolute Gasteiger partial charge is 0.268 e. The third-order valence-electron chi connectivity index (χ3n) is 2.31. The van der Waals surface area contributed by atoms with Gasteiger partial charge >= 0.3 is 0 Å². The molecule has 2 N–H and O–H groups in total. The van der Waals surface area contributed by atoms with E-state index in [0.717, 1.165) is 4.47 Å². The third-order valence-corrected chi connectivity index (χ3v) is 2.77. The lowest BCUT2D eigenvalue weighted by atomic mass is 10.0. The van der Waals surface area contributed by atoms with Crippen LogP contribution in [0.4, 0.5) is 0 Å². The highest BCUT2D eigenvalue weighted by atomic mass is 79.9. The number of halogens is 1. The van der Waals surface area contributed by atoms with Crippen molar-refractivity contribution in [3.63, 3.8) is 0 Å². The molecule has 1 unspecified atom stereocenters. The van der Waals surface area contributed by atoms with Gasteiger partial charge in [-0.15, -0.1) is 6.42 Å². The van der Waals surface area contributed by atoms with Gasteiger partial charge in [-0.1, -0.05) is 12.8 Å². The molecule has 15 heavy (non-hydrogen) atoms. The minimum Gasteiger partial charge on any atom is -0.356 e. The van der Waals surface area contributed by atoms with Crippen LogP contribution in [0.3, 0.4) is 0 Å². The summed E-state index contributed by atoms with van der Waals surface area (Å²) in [5.74, 6) is 2.39. The van der Waals surface area contributed by atoms with E-state index in [1.165, 1.54) is 0 Å². The number of H-pyrrole nitrogens is 1. The normalized spacial score (nSPS) is 14.0. The summed E-state index contributed by atoms with van der Waals surface area (Å²) in [6.45, 7) is 3.76. The first-order valence-electron chi connectivity index (χ1n) is 4.65. The van der Waals surface area contributed by atoms with Crippen molar-refractivity contribution in [3.8, 4) is 12.3 Å². The fourth-order valence-corrected chi connectivity index (χ4v) is 1.39. The molecule has 80 valence electrons. The first-order chi connectivity index (χ1) is 7.00. The molecule has 0 aliphatic carbocycles. The van der Waals surface area contributed by atoms with Gasteiger partial charge in [0, 0.05) is 10.7 Å². The van der Waals surface area contributed by atoms with Crippen molar-refractivity contribution in [2.75, 3.05) is 0 Å². The van der Waals surface area contributed by atoms with Crippen molar-refractivity contribution in [2.24, 2.45) is 0 Å². The van der Waals surface area contributed by atoms with Crippen molar-refractivity contribution in [2.45, 2.75) is 25.8 Å². The summed E-state index contributed by atoms with van der Waals surface area (Å²) in [7, 11) is 0. The lowest BCUT2D eigenvalue weighted by molar-refractivity contribution is 0.0919. The second-order valence-electron chi connectivity index (χ2n) is 3.52. The van der Waals surface area contributed by atoms with Gasteiger partial charge in [0.1, 0.15) is 5.69 Å². The minimum atomic E-state index is -0.589. The van der Waals surface area contributed by atoms with Gasteiger partial charge in [-0.3, -0.25) is 4.79 Å². The van der Waals surface area contributed by atoms with E-state index in [2.05, 4.69) is 32.2 Å². The molecule has 1 atom stereocenters. The summed E-state index contributed by atoms with van der Waals surface area (Å²) < 4.78 is 0.839. The highest BCUT2D eigenvalue weighted by molar-refractivity contribution is 9.10. The Labute approximate surface area is 97.8 Å². The van der Waals surface area contributed by atoms with Crippen LogP contribution >= 0.6 is 15.9 Å². The first-order valence-corrected chi connectivity index (χ1v) is 5.44. The van der Waals surface area contributed by atoms with Crippen molar-refractivity contribution < 1.29 is 4.79 Å². The first kappa shape index (κ1) is 11.9. The maximum absolute atomic E-state index is 11.7. The Bertz CT molecular complexity index is 405. The average molecular weight is 269 g/mol. The second kappa shape index (κ2) is 4.54. The number of terminal acetylenes is 1. The summed E-state index contributed by atoms with van der Waals surface area (Å²) in [6, 6.07) is 1.71. The van der Waals surface area contributed by atoms with Gasteiger partial charge < -0.3 is 10.3 Å². The Morgan fingerprint density at radius 2 is 2.47 bits per heavy atom. The lowest BCUT2D eigenvalue weighted by Crippen LogP contribution is -2.44. The molecular weight excluding hydrogens is 256 g/mol. The Balaban J connectivity index is 2.76. The maximum Gasteiger partial charge on any atom is 0.268 e. The van der Waals surface area contributed by atoms with Crippen LogP contribution < -0.4 is 5.32 Å². The molecule has 0 aliphatic rings. The summed E-state index contributed by atoms with van der Waals surface area (Å²) >= 11 is 3.26. The van der Waals surface area contributed by atoms with E-state index in [1.54, 1.807) is 12.3 Å². The van der Waals surface area contributed by atoms with Gasteiger partial charge in [0.05, 0.1) is 5.54 Å². The topological polar surface area (TPSA) is 44.9 Å². The van der Waals surface area contributed by atoms with Crippen LogP contribution in [-0.2, 0) is 0 Å². The molecule has 1 amide bonds. The molecule has 0 saturated carbocycles. The van der Waals surface area contributed by atoms with E-state index in [0.29, 0.717) is 12.1 Å². The van der Waals surface area contributed by atoms with Gasteiger partial charge in [0.15, 0.2) is 0 Å². The zero-order valence-electron chi connectivity index (χ0n) is 8.73. The average Bonchev–Trinajstić information content (AvgIpc) is 2.65. The number of nitrogens with one attached hydrogen (secondary N) is 2. The molecule has 0 fully saturated rings. The Kier molecular flexibility index (Phi) is 3.59. The molecule has 4 heteroatoms. The van der Waals surface area contributed by atoms with E-state index in [4.69, 9.17) is 6.42 Å². The number of aromatic amines is 1. The van der Waals surface area contributed by atoms with Gasteiger partial charge in [-0.2, -0.15) is 0 Å². The SMILES string of the molecule is C#CC(C)(CC)NC(=O)c1cc(Br)c[nH]1. The fraction of sp³-hybridized carbons (Fsp3) is 0.364. The predicted molar refractivity (Wildman–Crippen MR) is 63.5 cm³/mol. The van der Waals surface area contributed by atoms with Gasteiger partial charge in [0.2, 0.25) is 0 Å². The highest BCUT2D eigenvalue weighted by Gasteiger charge is 2.22. The molecule has 1 aromatic rings. The van der Waals surface area contributed by atoms with E-state index >= 15 is 0 Å². The molecule has 0 aliphatic heterocycles. The quantitative estimate of drug-likeness (QED) is 0.812. The van der Waals surface area contributed by atoms with Crippen LogP contribution in [0.15, 0.2) is 16.7 Å². The van der Waals surface area contributed by atoms with Crippen molar-refractivity contribution >= 4 is 21.8 Å². The van der Waals surface area contributed by atoms with Gasteiger partial charge in [0.25, 0.3) is 5.91 Å². The molecule has 1 rings (SSSR count). The molecule has 1 aromatic heterocycles. The summed E-state index contributed by atoms with van der Waals surface area (Å²) in [6.07, 6.45) is 7.76. The largest absolute Gasteiger partial charge is 0.356 e. The van der Waals surface area contributed by atoms with Crippen molar-refractivity contribution in [3.05, 3.63) is 22.4 Å². The molecule has 0 radical (unpaired) electrons. The minimum absolute atomic E-state index is 0.192. The fourth-order valence-electron chi connectivity index (χ4n) is 1.04. The number of hydrogen-bond donors (Lipinski definition) is 2. The van der Waals surface area contributed by atoms with Crippen LogP contribution in [0.5, 0.6) is 0 Å². The van der Waals surface area contributed by atoms with E-state index in [9.17, 15) is 4.79 Å². The zero-order valence-corrected chi connectivity index (χ0v) is 10.3. The number of carbonyl (C=O) groups is 1. The van der Waals surface area contributed by atoms with Crippen LogP contribution in [-0.4, -0.2) is 16.4 Å². The Morgan fingerprint density at radius 1 is 1.80 bits per heavy atom. The molecule has 0 bridgehead atoms. The molecule has 1 heterocycles. The van der Waals surface area contributed by atoms with Crippen LogP contribution in [0.1, 0.15) is 30.8 Å². The van der Waals surface area contributed by atoms with Gasteiger partial charge in [-0.25, -0.2) is 0 Å². The maximum atomic E-state index is 11.7. The Morgan fingerprint density at radius 3 is 2.87 bits per heavy atom. The number of hydrogen-bond acceptors (Lipinski definition) is 1. The van der Waals surface area contributed by atoms with E-state index < -0.39 is 5.54 Å². The molecular formula is C11H13BrN2O. The van der Waals surface area contributed by atoms with E-state index in [-0.39, 0.29) is 5.91 Å². The number of amides is 1. The molecule has 0 saturated heterocycles. The second-order valence-corrected chi connectivity index (χ2v) is 4.43. The number of rotatable bonds is 3. The zero-order chi connectivity index (χ0) is 11.5. The molecule has 3 nitrogen and oxygen atoms in total. The summed E-state index contributed by atoms with van der Waals surface area (Å²) in [5, 5.41) is 2.80. The van der Waals surface area contributed by atoms with Crippen molar-refractivity contribution in [1.82, 2.24) is 10.3 Å². The number of aromatic nitrogens is 1. The lowest BCUT2D eigenvalue weighted by Gasteiger charge is -2.22. The van der Waals surface area contributed by atoms with Gasteiger partial charge in [-0.05, 0) is 35.3 Å². The van der Waals surface area contributed by atoms with Crippen LogP contribution in [0, 0.1) is 12.3 Å². The summed E-state index contributed by atoms with van der Waals surface area (Å²) in [4.78, 5) is 14.6. The van der Waals surface area contributed by atoms with E-state index in [1.807, 2.05) is 13.8 Å². The van der Waals surface area contributed by atoms with Crippen LogP contribution in [0.2, 0.25) is 0 Å². The summed E-state index contributed by atoms with van der Waals surface area (Å²) in [5.41, 5.74) is -0.0916. The number of carbonyl (C=O) groups excluding carboxylic acids is 1. The van der Waals surface area contributed by atoms with Crippen LogP contribution in [0.25, 0.3) is 0 Å². The third kappa shape index (κ3) is 2.87. The standard InChI is InChI=1S/C11H13BrN2O/c1-4-11(3,5-2)14-10(15)9-6-8(12)7-13-9/h1,6-7,13H,5H2,2-3H3,(H,14,15).